The number of nitrogens with zero attached hydrogens (tertiary/aromatic N) is 5. The van der Waals surface area contributed by atoms with Crippen molar-refractivity contribution in [2.75, 3.05) is 20.1 Å². The first kappa shape index (κ1) is 21.5. The number of aliphatic imine (C=N–C) groups is 1. The van der Waals surface area contributed by atoms with Gasteiger partial charge in [0.1, 0.15) is 16.7 Å². The van der Waals surface area contributed by atoms with Crippen molar-refractivity contribution in [3.63, 3.8) is 0 Å². The lowest BCUT2D eigenvalue weighted by Gasteiger charge is -2.34. The zero-order valence-electron chi connectivity index (χ0n) is 19.1. The standard InChI is InChI=1S/C24H30ClN5O2/c1-15-24(3,25)16(2)30-22(26-15)19-13-29(14-20(19)27-30)23(31)18-7-5-6-8-21(18)32-17-9-11-28(4)12-10-17/h5-8,16-17H,9-14H2,1-4H3. The van der Waals surface area contributed by atoms with Gasteiger partial charge in [0.15, 0.2) is 5.82 Å². The lowest BCUT2D eigenvalue weighted by Crippen LogP contribution is -2.39. The zero-order chi connectivity index (χ0) is 22.6. The number of aromatic nitrogens is 2. The molecule has 1 amide bonds. The molecular weight excluding hydrogens is 426 g/mol. The maximum atomic E-state index is 13.5. The van der Waals surface area contributed by atoms with Crippen LogP contribution in [0.5, 0.6) is 5.75 Å². The minimum atomic E-state index is -0.563. The Balaban J connectivity index is 1.36. The van der Waals surface area contributed by atoms with Crippen LogP contribution in [0.1, 0.15) is 61.3 Å². The van der Waals surface area contributed by atoms with Gasteiger partial charge in [-0.25, -0.2) is 9.67 Å². The Morgan fingerprint density at radius 3 is 2.69 bits per heavy atom. The Morgan fingerprint density at radius 1 is 1.22 bits per heavy atom. The van der Waals surface area contributed by atoms with Gasteiger partial charge in [-0.15, -0.1) is 11.6 Å². The molecule has 0 N–H and O–H groups in total. The SMILES string of the molecule is CC1=Nc2c3c(nn2C(C)C1(C)Cl)CN(C(=O)c1ccccc1OC1CCN(C)CC1)C3. The Morgan fingerprint density at radius 2 is 1.94 bits per heavy atom. The number of likely N-dealkylation sites (tertiary alicyclic amines) is 1. The third-order valence-corrected chi connectivity index (χ3v) is 7.84. The minimum absolute atomic E-state index is 0.00455. The van der Waals surface area contributed by atoms with Gasteiger partial charge in [-0.05, 0) is 52.8 Å². The summed E-state index contributed by atoms with van der Waals surface area (Å²) in [4.78, 5) is 21.8. The van der Waals surface area contributed by atoms with E-state index in [9.17, 15) is 4.79 Å². The molecule has 0 bridgehead atoms. The summed E-state index contributed by atoms with van der Waals surface area (Å²) in [5.74, 6) is 1.47. The highest BCUT2D eigenvalue weighted by Gasteiger charge is 2.42. The minimum Gasteiger partial charge on any atom is -0.489 e. The molecule has 1 aromatic carbocycles. The predicted molar refractivity (Wildman–Crippen MR) is 125 cm³/mol. The third kappa shape index (κ3) is 3.52. The summed E-state index contributed by atoms with van der Waals surface area (Å²) in [5.41, 5.74) is 3.41. The number of halogens is 1. The number of benzene rings is 1. The molecule has 5 rings (SSSR count). The molecule has 1 saturated heterocycles. The van der Waals surface area contributed by atoms with Crippen LogP contribution in [0.3, 0.4) is 0 Å². The normalized spacial score (nSPS) is 26.0. The number of alkyl halides is 1. The lowest BCUT2D eigenvalue weighted by molar-refractivity contribution is 0.0732. The Hall–Kier alpha value is -2.38. The second-order valence-corrected chi connectivity index (χ2v) is 10.2. The Labute approximate surface area is 194 Å². The van der Waals surface area contributed by atoms with E-state index in [1.165, 1.54) is 0 Å². The van der Waals surface area contributed by atoms with Gasteiger partial charge < -0.3 is 14.5 Å². The van der Waals surface area contributed by atoms with Crippen molar-refractivity contribution in [1.29, 1.82) is 0 Å². The Bertz CT molecular complexity index is 1080. The van der Waals surface area contributed by atoms with Gasteiger partial charge in [0.05, 0.1) is 30.4 Å². The fourth-order valence-corrected chi connectivity index (χ4v) is 4.89. The number of para-hydroxylation sites is 1. The molecule has 0 spiro atoms. The molecule has 3 aliphatic heterocycles. The molecular formula is C24H30ClN5O2. The lowest BCUT2D eigenvalue weighted by atomic mass is 9.96. The first-order valence-corrected chi connectivity index (χ1v) is 11.7. The molecule has 4 heterocycles. The smallest absolute Gasteiger partial charge is 0.258 e. The van der Waals surface area contributed by atoms with Crippen LogP contribution in [0.2, 0.25) is 0 Å². The number of fused-ring (bicyclic) bond motifs is 3. The fraction of sp³-hybridized carbons (Fsp3) is 0.542. The van der Waals surface area contributed by atoms with E-state index in [2.05, 4.69) is 18.9 Å². The Kier molecular flexibility index (Phi) is 5.29. The number of carbonyl (C=O) groups excluding carboxylic acids is 1. The van der Waals surface area contributed by atoms with Gasteiger partial charge in [0, 0.05) is 24.4 Å². The molecule has 0 radical (unpaired) electrons. The van der Waals surface area contributed by atoms with Crippen molar-refractivity contribution in [3.8, 4) is 5.75 Å². The molecule has 3 aliphatic rings. The summed E-state index contributed by atoms with van der Waals surface area (Å²) in [6.07, 6.45) is 2.09. The van der Waals surface area contributed by atoms with Crippen LogP contribution in [0.25, 0.3) is 0 Å². The van der Waals surface area contributed by atoms with Crippen molar-refractivity contribution in [1.82, 2.24) is 19.6 Å². The predicted octanol–water partition coefficient (Wildman–Crippen LogP) is 4.18. The molecule has 1 fully saturated rings. The number of carbonyl (C=O) groups is 1. The number of piperidine rings is 1. The van der Waals surface area contributed by atoms with E-state index in [0.717, 1.165) is 48.7 Å². The zero-order valence-corrected chi connectivity index (χ0v) is 19.9. The van der Waals surface area contributed by atoms with Crippen molar-refractivity contribution in [2.24, 2.45) is 4.99 Å². The largest absolute Gasteiger partial charge is 0.489 e. The first-order chi connectivity index (χ1) is 15.3. The van der Waals surface area contributed by atoms with E-state index in [1.54, 1.807) is 0 Å². The summed E-state index contributed by atoms with van der Waals surface area (Å²) in [5, 5.41) is 4.79. The second kappa shape index (κ2) is 7.89. The summed E-state index contributed by atoms with van der Waals surface area (Å²) >= 11 is 6.72. The summed E-state index contributed by atoms with van der Waals surface area (Å²) in [6.45, 7) is 8.99. The maximum Gasteiger partial charge on any atom is 0.258 e. The van der Waals surface area contributed by atoms with Crippen molar-refractivity contribution in [3.05, 3.63) is 41.1 Å². The van der Waals surface area contributed by atoms with Crippen molar-refractivity contribution in [2.45, 2.75) is 63.7 Å². The molecule has 2 atom stereocenters. The number of ether oxygens (including phenoxy) is 1. The van der Waals surface area contributed by atoms with Crippen LogP contribution in [0.15, 0.2) is 29.3 Å². The van der Waals surface area contributed by atoms with Gasteiger partial charge >= 0.3 is 0 Å². The topological polar surface area (TPSA) is 63.0 Å². The van der Waals surface area contributed by atoms with Crippen LogP contribution < -0.4 is 4.74 Å². The highest BCUT2D eigenvalue weighted by molar-refractivity contribution is 6.36. The number of hydrogen-bond donors (Lipinski definition) is 0. The van der Waals surface area contributed by atoms with Crippen LogP contribution in [-0.2, 0) is 13.1 Å². The van der Waals surface area contributed by atoms with E-state index in [0.29, 0.717) is 24.4 Å². The van der Waals surface area contributed by atoms with Gasteiger partial charge in [-0.1, -0.05) is 12.1 Å². The molecule has 7 nitrogen and oxygen atoms in total. The van der Waals surface area contributed by atoms with Crippen LogP contribution in [0.4, 0.5) is 5.82 Å². The second-order valence-electron chi connectivity index (χ2n) is 9.42. The summed E-state index contributed by atoms with van der Waals surface area (Å²) in [6, 6.07) is 7.58. The van der Waals surface area contributed by atoms with E-state index in [4.69, 9.17) is 26.4 Å². The van der Waals surface area contributed by atoms with Gasteiger partial charge in [0.2, 0.25) is 0 Å². The average Bonchev–Trinajstić information content (AvgIpc) is 3.33. The quantitative estimate of drug-likeness (QED) is 0.651. The highest BCUT2D eigenvalue weighted by atomic mass is 35.5. The van der Waals surface area contributed by atoms with Crippen LogP contribution in [-0.4, -0.2) is 62.3 Å². The molecule has 1 aromatic heterocycles. The van der Waals surface area contributed by atoms with Crippen LogP contribution >= 0.6 is 11.6 Å². The van der Waals surface area contributed by atoms with Gasteiger partial charge in [-0.2, -0.15) is 5.10 Å². The van der Waals surface area contributed by atoms with E-state index in [1.807, 2.05) is 47.7 Å². The number of hydrogen-bond acceptors (Lipinski definition) is 5. The third-order valence-electron chi connectivity index (χ3n) is 7.25. The molecule has 32 heavy (non-hydrogen) atoms. The fourth-order valence-electron chi connectivity index (χ4n) is 4.75. The molecule has 0 aliphatic carbocycles. The van der Waals surface area contributed by atoms with E-state index in [-0.39, 0.29) is 18.1 Å². The van der Waals surface area contributed by atoms with Crippen molar-refractivity contribution >= 4 is 29.0 Å². The van der Waals surface area contributed by atoms with Gasteiger partial charge in [-0.3, -0.25) is 4.79 Å². The van der Waals surface area contributed by atoms with Crippen LogP contribution in [0, 0.1) is 0 Å². The van der Waals surface area contributed by atoms with Gasteiger partial charge in [0.25, 0.3) is 5.91 Å². The van der Waals surface area contributed by atoms with E-state index >= 15 is 0 Å². The molecule has 0 saturated carbocycles. The molecule has 2 unspecified atom stereocenters. The average molecular weight is 456 g/mol. The van der Waals surface area contributed by atoms with E-state index < -0.39 is 4.87 Å². The van der Waals surface area contributed by atoms with Crippen molar-refractivity contribution < 1.29 is 9.53 Å². The summed E-state index contributed by atoms with van der Waals surface area (Å²) in [7, 11) is 2.13. The molecule has 170 valence electrons. The highest BCUT2D eigenvalue weighted by Crippen LogP contribution is 2.43. The first-order valence-electron chi connectivity index (χ1n) is 11.3. The number of amides is 1. The maximum absolute atomic E-state index is 13.5. The summed E-state index contributed by atoms with van der Waals surface area (Å²) < 4.78 is 8.21. The molecule has 8 heteroatoms. The molecule has 2 aromatic rings. The number of rotatable bonds is 3. The monoisotopic (exact) mass is 455 g/mol.